The van der Waals surface area contributed by atoms with Crippen LogP contribution in [0.25, 0.3) is 0 Å². The fourth-order valence-corrected chi connectivity index (χ4v) is 1.73. The van der Waals surface area contributed by atoms with Crippen LogP contribution in [0.3, 0.4) is 0 Å². The Morgan fingerprint density at radius 3 is 2.56 bits per heavy atom. The van der Waals surface area contributed by atoms with Gasteiger partial charge in [0.25, 0.3) is 5.91 Å². The molecule has 2 heterocycles. The third-order valence-electron chi connectivity index (χ3n) is 2.37. The van der Waals surface area contributed by atoms with Crippen LogP contribution in [-0.2, 0) is 4.79 Å². The minimum Gasteiger partial charge on any atom is -0.483 e. The Bertz CT molecular complexity index is 441. The Balaban J connectivity index is 0.000000371. The number of benzene rings is 1. The minimum atomic E-state index is 0.0238. The maximum atomic E-state index is 11.5. The van der Waals surface area contributed by atoms with E-state index >= 15 is 0 Å². The molecule has 4 nitrogen and oxygen atoms in total. The van der Waals surface area contributed by atoms with E-state index in [1.807, 2.05) is 52.0 Å². The van der Waals surface area contributed by atoms with Gasteiger partial charge >= 0.3 is 0 Å². The predicted octanol–water partition coefficient (Wildman–Crippen LogP) is 2.88. The molecule has 0 aromatic heterocycles. The molecule has 4 heteroatoms. The number of anilines is 1. The van der Waals surface area contributed by atoms with E-state index in [1.54, 1.807) is 4.90 Å². The molecular weight excluding hydrogens is 228 g/mol. The minimum absolute atomic E-state index is 0.0238. The highest BCUT2D eigenvalue weighted by Gasteiger charge is 2.32. The maximum absolute atomic E-state index is 11.5. The summed E-state index contributed by atoms with van der Waals surface area (Å²) in [5.74, 6) is 1.49. The van der Waals surface area contributed by atoms with Crippen LogP contribution in [-0.4, -0.2) is 24.9 Å². The maximum Gasteiger partial charge on any atom is 0.254 e. The van der Waals surface area contributed by atoms with E-state index < -0.39 is 0 Å². The molecule has 1 aromatic carbocycles. The summed E-state index contributed by atoms with van der Waals surface area (Å²) >= 11 is 0. The summed E-state index contributed by atoms with van der Waals surface area (Å²) in [5.41, 5.74) is 0.806. The van der Waals surface area contributed by atoms with Crippen LogP contribution in [0.2, 0.25) is 0 Å². The number of hydrogen-bond donors (Lipinski definition) is 0. The van der Waals surface area contributed by atoms with Crippen LogP contribution in [0.1, 0.15) is 27.7 Å². The normalized spacial score (nSPS) is 15.0. The van der Waals surface area contributed by atoms with Gasteiger partial charge in [-0.05, 0) is 12.1 Å². The first-order valence-corrected chi connectivity index (χ1v) is 6.44. The second kappa shape index (κ2) is 6.79. The molecule has 0 N–H and O–H groups in total. The molecule has 0 spiro atoms. The lowest BCUT2D eigenvalue weighted by molar-refractivity contribution is -0.115. The summed E-state index contributed by atoms with van der Waals surface area (Å²) in [6.07, 6.45) is 0. The lowest BCUT2D eigenvalue weighted by Gasteiger charge is -2.26. The second-order valence-corrected chi connectivity index (χ2v) is 3.22. The largest absolute Gasteiger partial charge is 0.483 e. The second-order valence-electron chi connectivity index (χ2n) is 3.22. The number of carbonyl (C=O) groups excluding carboxylic acids is 1. The summed E-state index contributed by atoms with van der Waals surface area (Å²) < 4.78 is 5.46. The number of ether oxygens (including phenoxy) is 1. The SMILES string of the molecule is CC.CC.O=C1CN=C2COc3ccccc3N12. The van der Waals surface area contributed by atoms with Crippen molar-refractivity contribution in [3.05, 3.63) is 24.3 Å². The van der Waals surface area contributed by atoms with E-state index in [-0.39, 0.29) is 12.5 Å². The molecule has 18 heavy (non-hydrogen) atoms. The molecule has 0 bridgehead atoms. The van der Waals surface area contributed by atoms with E-state index in [0.717, 1.165) is 11.4 Å². The number of rotatable bonds is 0. The molecule has 0 saturated carbocycles. The lowest BCUT2D eigenvalue weighted by atomic mass is 10.2. The molecule has 1 amide bonds. The summed E-state index contributed by atoms with van der Waals surface area (Å²) in [6, 6.07) is 7.50. The molecule has 0 saturated heterocycles. The van der Waals surface area contributed by atoms with Gasteiger partial charge in [-0.2, -0.15) is 0 Å². The Hall–Kier alpha value is -1.84. The van der Waals surface area contributed by atoms with Gasteiger partial charge in [0.1, 0.15) is 24.7 Å². The summed E-state index contributed by atoms with van der Waals surface area (Å²) in [4.78, 5) is 17.3. The summed E-state index contributed by atoms with van der Waals surface area (Å²) in [6.45, 7) is 8.63. The Labute approximate surface area is 108 Å². The number of nitrogens with zero attached hydrogens (tertiary/aromatic N) is 2. The molecule has 3 rings (SSSR count). The van der Waals surface area contributed by atoms with Crippen molar-refractivity contribution in [2.75, 3.05) is 18.1 Å². The molecule has 2 aliphatic heterocycles. The highest BCUT2D eigenvalue weighted by Crippen LogP contribution is 2.33. The molecule has 0 unspecified atom stereocenters. The van der Waals surface area contributed by atoms with Gasteiger partial charge in [0.15, 0.2) is 0 Å². The third kappa shape index (κ3) is 2.53. The fourth-order valence-electron chi connectivity index (χ4n) is 1.73. The standard InChI is InChI=1S/C10H8N2O2.2C2H6/c13-10-5-11-9-6-14-8-4-2-1-3-7(8)12(9)10;2*1-2/h1-4H,5-6H2;2*1-2H3. The molecule has 0 aliphatic carbocycles. The van der Waals surface area contributed by atoms with E-state index in [2.05, 4.69) is 4.99 Å². The predicted molar refractivity (Wildman–Crippen MR) is 74.4 cm³/mol. The number of aliphatic imine (C=N–C) groups is 1. The van der Waals surface area contributed by atoms with Gasteiger partial charge in [-0.1, -0.05) is 39.8 Å². The van der Waals surface area contributed by atoms with Gasteiger partial charge in [-0.3, -0.25) is 14.7 Å². The number of fused-ring (bicyclic) bond motifs is 3. The average Bonchev–Trinajstić information content (AvgIpc) is 2.85. The van der Waals surface area contributed by atoms with Crippen LogP contribution in [0.4, 0.5) is 5.69 Å². The topological polar surface area (TPSA) is 41.9 Å². The number of para-hydroxylation sites is 2. The molecule has 98 valence electrons. The number of carbonyl (C=O) groups is 1. The Kier molecular flexibility index (Phi) is 5.36. The van der Waals surface area contributed by atoms with Crippen LogP contribution < -0.4 is 9.64 Å². The zero-order valence-electron chi connectivity index (χ0n) is 11.4. The molecule has 0 radical (unpaired) electrons. The van der Waals surface area contributed by atoms with Crippen molar-refractivity contribution in [2.45, 2.75) is 27.7 Å². The Morgan fingerprint density at radius 2 is 1.83 bits per heavy atom. The lowest BCUT2D eigenvalue weighted by Crippen LogP contribution is -2.39. The van der Waals surface area contributed by atoms with Gasteiger partial charge in [-0.15, -0.1) is 0 Å². The number of amidine groups is 1. The van der Waals surface area contributed by atoms with Crippen LogP contribution in [0, 0.1) is 0 Å². The van der Waals surface area contributed by atoms with Crippen molar-refractivity contribution in [3.63, 3.8) is 0 Å². The van der Waals surface area contributed by atoms with E-state index in [9.17, 15) is 4.79 Å². The van der Waals surface area contributed by atoms with Crippen molar-refractivity contribution in [1.29, 1.82) is 0 Å². The highest BCUT2D eigenvalue weighted by atomic mass is 16.5. The van der Waals surface area contributed by atoms with Crippen LogP contribution >= 0.6 is 0 Å². The van der Waals surface area contributed by atoms with Gasteiger partial charge in [0.2, 0.25) is 0 Å². The van der Waals surface area contributed by atoms with Gasteiger partial charge in [0.05, 0.1) is 5.69 Å². The number of amides is 1. The molecule has 1 aromatic rings. The zero-order chi connectivity index (χ0) is 13.5. The fraction of sp³-hybridized carbons (Fsp3) is 0.429. The molecule has 0 fully saturated rings. The quantitative estimate of drug-likeness (QED) is 0.708. The average molecular weight is 248 g/mol. The third-order valence-corrected chi connectivity index (χ3v) is 2.37. The Morgan fingerprint density at radius 1 is 1.17 bits per heavy atom. The van der Waals surface area contributed by atoms with Crippen molar-refractivity contribution in [1.82, 2.24) is 0 Å². The van der Waals surface area contributed by atoms with E-state index in [1.165, 1.54) is 0 Å². The summed E-state index contributed by atoms with van der Waals surface area (Å²) in [5, 5.41) is 0. The van der Waals surface area contributed by atoms with Gasteiger partial charge in [-0.25, -0.2) is 0 Å². The first kappa shape index (κ1) is 14.2. The first-order valence-electron chi connectivity index (χ1n) is 6.44. The van der Waals surface area contributed by atoms with Crippen molar-refractivity contribution in [2.24, 2.45) is 4.99 Å². The van der Waals surface area contributed by atoms with Crippen molar-refractivity contribution in [3.8, 4) is 5.75 Å². The van der Waals surface area contributed by atoms with Crippen LogP contribution in [0.5, 0.6) is 5.75 Å². The van der Waals surface area contributed by atoms with Gasteiger partial charge < -0.3 is 4.74 Å². The highest BCUT2D eigenvalue weighted by molar-refractivity contribution is 6.23. The zero-order valence-corrected chi connectivity index (χ0v) is 11.4. The first-order chi connectivity index (χ1) is 8.86. The van der Waals surface area contributed by atoms with E-state index in [4.69, 9.17) is 4.74 Å². The van der Waals surface area contributed by atoms with Crippen molar-refractivity contribution < 1.29 is 9.53 Å². The monoisotopic (exact) mass is 248 g/mol. The van der Waals surface area contributed by atoms with Gasteiger partial charge in [0, 0.05) is 0 Å². The number of hydrogen-bond acceptors (Lipinski definition) is 3. The van der Waals surface area contributed by atoms with Crippen LogP contribution in [0.15, 0.2) is 29.3 Å². The van der Waals surface area contributed by atoms with E-state index in [0.29, 0.717) is 12.4 Å². The smallest absolute Gasteiger partial charge is 0.254 e. The molecular formula is C14H20N2O2. The molecule has 0 atom stereocenters. The summed E-state index contributed by atoms with van der Waals surface area (Å²) in [7, 11) is 0. The van der Waals surface area contributed by atoms with Crippen molar-refractivity contribution >= 4 is 17.4 Å². The molecule has 2 aliphatic rings.